The van der Waals surface area contributed by atoms with Crippen LogP contribution < -0.4 is 0 Å². The van der Waals surface area contributed by atoms with Crippen LogP contribution in [-0.4, -0.2) is 36.4 Å². The first-order chi connectivity index (χ1) is 23.6. The van der Waals surface area contributed by atoms with E-state index in [4.69, 9.17) is 9.47 Å². The molecule has 0 aliphatic heterocycles. The second-order valence-electron chi connectivity index (χ2n) is 11.9. The predicted octanol–water partition coefficient (Wildman–Crippen LogP) is 11.7. The molecule has 5 heteroatoms. The highest BCUT2D eigenvalue weighted by Crippen LogP contribution is 2.07. The molecule has 0 aromatic carbocycles. The first kappa shape index (κ1) is 44.8. The smallest absolute Gasteiger partial charge is 0.306 e. The lowest BCUT2D eigenvalue weighted by Gasteiger charge is -2.15. The second kappa shape index (κ2) is 38.3. The number of allylic oxidation sites excluding steroid dienone is 16. The summed E-state index contributed by atoms with van der Waals surface area (Å²) in [5.74, 6) is -0.744. The van der Waals surface area contributed by atoms with Crippen LogP contribution in [0.15, 0.2) is 97.2 Å². The number of carbonyl (C=O) groups is 2. The molecule has 0 radical (unpaired) electrons. The Morgan fingerprint density at radius 1 is 0.479 bits per heavy atom. The minimum Gasteiger partial charge on any atom is -0.462 e. The molecule has 1 atom stereocenters. The molecule has 0 rings (SSSR count). The van der Waals surface area contributed by atoms with Crippen molar-refractivity contribution in [3.63, 3.8) is 0 Å². The Balaban J connectivity index is 3.81. The van der Waals surface area contributed by atoms with Gasteiger partial charge >= 0.3 is 11.9 Å². The van der Waals surface area contributed by atoms with Gasteiger partial charge in [0.05, 0.1) is 6.61 Å². The van der Waals surface area contributed by atoms with Crippen molar-refractivity contribution in [3.8, 4) is 0 Å². The van der Waals surface area contributed by atoms with Crippen molar-refractivity contribution in [2.24, 2.45) is 0 Å². The summed E-state index contributed by atoms with van der Waals surface area (Å²) in [5.41, 5.74) is 0. The highest BCUT2D eigenvalue weighted by Gasteiger charge is 2.15. The van der Waals surface area contributed by atoms with E-state index in [0.29, 0.717) is 12.8 Å². The van der Waals surface area contributed by atoms with Gasteiger partial charge in [-0.3, -0.25) is 9.59 Å². The number of unbranched alkanes of at least 4 members (excludes halogenated alkanes) is 8. The average molecular weight is 665 g/mol. The van der Waals surface area contributed by atoms with Gasteiger partial charge in [0.2, 0.25) is 0 Å². The van der Waals surface area contributed by atoms with E-state index in [0.717, 1.165) is 51.4 Å². The Morgan fingerprint density at radius 2 is 0.854 bits per heavy atom. The minimum absolute atomic E-state index is 0.127. The van der Waals surface area contributed by atoms with Gasteiger partial charge in [0, 0.05) is 12.8 Å². The summed E-state index contributed by atoms with van der Waals surface area (Å²) in [6, 6.07) is 0. The Labute approximate surface area is 294 Å². The van der Waals surface area contributed by atoms with Gasteiger partial charge in [0.15, 0.2) is 6.10 Å². The fourth-order valence-corrected chi connectivity index (χ4v) is 4.48. The number of carbonyl (C=O) groups excluding carboxylic acids is 2. The van der Waals surface area contributed by atoms with Crippen LogP contribution in [0.3, 0.4) is 0 Å². The molecule has 270 valence electrons. The molecule has 48 heavy (non-hydrogen) atoms. The van der Waals surface area contributed by atoms with Crippen LogP contribution in [0.5, 0.6) is 0 Å². The standard InChI is InChI=1S/C43H68O5/c1-3-5-7-9-11-13-15-17-19-20-21-22-24-25-27-29-31-33-35-37-42(45)47-40-41(39-44)48-43(46)38-36-34-32-30-28-26-23-18-16-14-12-10-8-6-4-2/h11-14,17-19,21-23,25,27-28,30-31,33,41,44H,3-10,15-16,20,24,26,29,32,34-40H2,1-2H3. The number of ether oxygens (including phenoxy) is 2. The van der Waals surface area contributed by atoms with Crippen molar-refractivity contribution in [1.82, 2.24) is 0 Å². The lowest BCUT2D eigenvalue weighted by molar-refractivity contribution is -0.161. The Hall–Kier alpha value is -3.18. The zero-order valence-corrected chi connectivity index (χ0v) is 30.5. The van der Waals surface area contributed by atoms with Gasteiger partial charge in [0.1, 0.15) is 6.61 Å². The van der Waals surface area contributed by atoms with Crippen LogP contribution in [-0.2, 0) is 19.1 Å². The Kier molecular flexibility index (Phi) is 35.7. The number of rotatable bonds is 32. The SMILES string of the molecule is CCCCCC=CCC=CCC=CCC=CCC=CCCC(=O)OCC(CO)OC(=O)CCCCC=CCC=CCC=CCCCCC. The summed E-state index contributed by atoms with van der Waals surface area (Å²) in [5, 5.41) is 9.52. The van der Waals surface area contributed by atoms with E-state index < -0.39 is 6.10 Å². The summed E-state index contributed by atoms with van der Waals surface area (Å²) < 4.78 is 10.5. The highest BCUT2D eigenvalue weighted by atomic mass is 16.6. The lowest BCUT2D eigenvalue weighted by atomic mass is 10.1. The molecule has 0 amide bonds. The van der Waals surface area contributed by atoms with E-state index >= 15 is 0 Å². The van der Waals surface area contributed by atoms with Crippen LogP contribution in [0.2, 0.25) is 0 Å². The molecular weight excluding hydrogens is 596 g/mol. The van der Waals surface area contributed by atoms with Crippen molar-refractivity contribution < 1.29 is 24.2 Å². The Morgan fingerprint density at radius 3 is 1.25 bits per heavy atom. The van der Waals surface area contributed by atoms with Crippen molar-refractivity contribution in [3.05, 3.63) is 97.2 Å². The van der Waals surface area contributed by atoms with Crippen LogP contribution >= 0.6 is 0 Å². The Bertz CT molecular complexity index is 979. The van der Waals surface area contributed by atoms with Gasteiger partial charge in [-0.1, -0.05) is 137 Å². The molecule has 0 aromatic heterocycles. The number of aliphatic hydroxyl groups is 1. The molecule has 1 unspecified atom stereocenters. The number of hydrogen-bond acceptors (Lipinski definition) is 5. The molecule has 0 bridgehead atoms. The van der Waals surface area contributed by atoms with Crippen molar-refractivity contribution in [2.45, 2.75) is 148 Å². The van der Waals surface area contributed by atoms with Crippen LogP contribution in [0.25, 0.3) is 0 Å². The van der Waals surface area contributed by atoms with Gasteiger partial charge < -0.3 is 14.6 Å². The fourth-order valence-electron chi connectivity index (χ4n) is 4.48. The second-order valence-corrected chi connectivity index (χ2v) is 11.9. The van der Waals surface area contributed by atoms with Crippen LogP contribution in [0.1, 0.15) is 142 Å². The van der Waals surface area contributed by atoms with E-state index in [1.54, 1.807) is 0 Å². The van der Waals surface area contributed by atoms with E-state index in [1.165, 1.54) is 51.4 Å². The normalized spacial score (nSPS) is 13.3. The monoisotopic (exact) mass is 665 g/mol. The molecular formula is C43H68O5. The zero-order chi connectivity index (χ0) is 35.0. The largest absolute Gasteiger partial charge is 0.462 e. The van der Waals surface area contributed by atoms with Crippen LogP contribution in [0.4, 0.5) is 0 Å². The molecule has 0 aromatic rings. The minimum atomic E-state index is -0.827. The maximum atomic E-state index is 12.1. The third kappa shape index (κ3) is 35.7. The van der Waals surface area contributed by atoms with E-state index in [2.05, 4.69) is 98.9 Å². The quantitative estimate of drug-likeness (QED) is 0.0440. The van der Waals surface area contributed by atoms with E-state index in [1.807, 2.05) is 12.2 Å². The summed E-state index contributed by atoms with van der Waals surface area (Å²) in [6.45, 7) is 3.95. The average Bonchev–Trinajstić information content (AvgIpc) is 3.09. The van der Waals surface area contributed by atoms with Gasteiger partial charge in [-0.25, -0.2) is 0 Å². The molecule has 0 aliphatic carbocycles. The molecule has 0 heterocycles. The third-order valence-corrected chi connectivity index (χ3v) is 7.36. The van der Waals surface area contributed by atoms with E-state index in [9.17, 15) is 14.7 Å². The first-order valence-electron chi connectivity index (χ1n) is 18.8. The van der Waals surface area contributed by atoms with Crippen molar-refractivity contribution in [2.75, 3.05) is 13.2 Å². The number of hydrogen-bond donors (Lipinski definition) is 1. The summed E-state index contributed by atoms with van der Waals surface area (Å²) >= 11 is 0. The summed E-state index contributed by atoms with van der Waals surface area (Å²) in [6.07, 6.45) is 53.3. The maximum absolute atomic E-state index is 12.1. The molecule has 0 aliphatic rings. The lowest BCUT2D eigenvalue weighted by Crippen LogP contribution is -2.28. The van der Waals surface area contributed by atoms with E-state index in [-0.39, 0.29) is 38.0 Å². The molecule has 0 spiro atoms. The maximum Gasteiger partial charge on any atom is 0.306 e. The molecule has 0 fully saturated rings. The number of esters is 2. The van der Waals surface area contributed by atoms with Crippen molar-refractivity contribution in [1.29, 1.82) is 0 Å². The molecule has 1 N–H and O–H groups in total. The predicted molar refractivity (Wildman–Crippen MR) is 205 cm³/mol. The first-order valence-corrected chi connectivity index (χ1v) is 18.8. The van der Waals surface area contributed by atoms with Gasteiger partial charge in [0.25, 0.3) is 0 Å². The summed E-state index contributed by atoms with van der Waals surface area (Å²) in [4.78, 5) is 24.2. The topological polar surface area (TPSA) is 72.8 Å². The molecule has 0 saturated heterocycles. The summed E-state index contributed by atoms with van der Waals surface area (Å²) in [7, 11) is 0. The highest BCUT2D eigenvalue weighted by molar-refractivity contribution is 5.70. The number of aliphatic hydroxyl groups excluding tert-OH is 1. The molecule has 5 nitrogen and oxygen atoms in total. The fraction of sp³-hybridized carbons (Fsp3) is 0.581. The van der Waals surface area contributed by atoms with Crippen LogP contribution in [0, 0.1) is 0 Å². The zero-order valence-electron chi connectivity index (χ0n) is 30.5. The van der Waals surface area contributed by atoms with Gasteiger partial charge in [-0.15, -0.1) is 0 Å². The molecule has 0 saturated carbocycles. The van der Waals surface area contributed by atoms with Gasteiger partial charge in [-0.05, 0) is 89.9 Å². The third-order valence-electron chi connectivity index (χ3n) is 7.36. The van der Waals surface area contributed by atoms with Crippen molar-refractivity contribution >= 4 is 11.9 Å². The van der Waals surface area contributed by atoms with Gasteiger partial charge in [-0.2, -0.15) is 0 Å².